The molecule has 15 heavy (non-hydrogen) atoms. The van der Waals surface area contributed by atoms with Crippen LogP contribution in [0.4, 0.5) is 0 Å². The molecule has 6 heteroatoms. The molecule has 1 amide bonds. The van der Waals surface area contributed by atoms with Gasteiger partial charge < -0.3 is 19.9 Å². The fraction of sp³-hybridized carbons (Fsp3) is 0.778. The number of carboxylic acids is 1. The molecule has 0 spiro atoms. The van der Waals surface area contributed by atoms with Crippen molar-refractivity contribution in [2.75, 3.05) is 33.0 Å². The largest absolute Gasteiger partial charge is 0.480 e. The number of amides is 1. The first-order valence-electron chi connectivity index (χ1n) is 4.66. The van der Waals surface area contributed by atoms with E-state index in [2.05, 4.69) is 10.1 Å². The highest BCUT2D eigenvalue weighted by Crippen LogP contribution is 2.24. The Morgan fingerprint density at radius 2 is 2.13 bits per heavy atom. The SMILES string of the molecule is CC1(CNC(=O)COCC(=O)O)COC1. The number of carbonyl (C=O) groups is 2. The fourth-order valence-electron chi connectivity index (χ4n) is 1.15. The smallest absolute Gasteiger partial charge is 0.329 e. The molecule has 0 radical (unpaired) electrons. The summed E-state index contributed by atoms with van der Waals surface area (Å²) in [5.41, 5.74) is 0.0163. The summed E-state index contributed by atoms with van der Waals surface area (Å²) < 4.78 is 9.65. The minimum absolute atomic E-state index is 0.0163. The van der Waals surface area contributed by atoms with Gasteiger partial charge in [-0.25, -0.2) is 4.79 Å². The van der Waals surface area contributed by atoms with Crippen molar-refractivity contribution >= 4 is 11.9 Å². The van der Waals surface area contributed by atoms with Crippen molar-refractivity contribution in [1.82, 2.24) is 5.32 Å². The molecule has 6 nitrogen and oxygen atoms in total. The normalized spacial score (nSPS) is 17.9. The highest BCUT2D eigenvalue weighted by atomic mass is 16.5. The van der Waals surface area contributed by atoms with Crippen molar-refractivity contribution in [2.24, 2.45) is 5.41 Å². The van der Waals surface area contributed by atoms with E-state index in [1.165, 1.54) is 0 Å². The Labute approximate surface area is 87.5 Å². The first kappa shape index (κ1) is 11.9. The van der Waals surface area contributed by atoms with Crippen LogP contribution < -0.4 is 5.32 Å². The molecule has 0 saturated carbocycles. The van der Waals surface area contributed by atoms with Crippen molar-refractivity contribution in [3.05, 3.63) is 0 Å². The maximum Gasteiger partial charge on any atom is 0.329 e. The third-order valence-corrected chi connectivity index (χ3v) is 2.07. The standard InChI is InChI=1S/C9H15NO5/c1-9(5-15-6-9)4-10-7(11)2-14-3-8(12)13/h2-6H2,1H3,(H,10,11)(H,12,13). The fourth-order valence-corrected chi connectivity index (χ4v) is 1.15. The Balaban J connectivity index is 2.05. The first-order valence-corrected chi connectivity index (χ1v) is 4.66. The van der Waals surface area contributed by atoms with Crippen LogP contribution in [-0.2, 0) is 19.1 Å². The zero-order chi connectivity index (χ0) is 11.3. The van der Waals surface area contributed by atoms with Crippen LogP contribution in [0.25, 0.3) is 0 Å². The van der Waals surface area contributed by atoms with E-state index in [4.69, 9.17) is 9.84 Å². The molecule has 86 valence electrons. The number of aliphatic carboxylic acids is 1. The summed E-state index contributed by atoms with van der Waals surface area (Å²) in [4.78, 5) is 21.2. The topological polar surface area (TPSA) is 84.9 Å². The van der Waals surface area contributed by atoms with E-state index >= 15 is 0 Å². The molecule has 1 aliphatic rings. The number of hydrogen-bond donors (Lipinski definition) is 2. The van der Waals surface area contributed by atoms with Crippen LogP contribution in [-0.4, -0.2) is 50.0 Å². The number of nitrogens with one attached hydrogen (secondary N) is 1. The van der Waals surface area contributed by atoms with Crippen molar-refractivity contribution < 1.29 is 24.2 Å². The maximum atomic E-state index is 11.1. The van der Waals surface area contributed by atoms with E-state index in [1.54, 1.807) is 0 Å². The number of hydrogen-bond acceptors (Lipinski definition) is 4. The number of ether oxygens (including phenoxy) is 2. The van der Waals surface area contributed by atoms with Gasteiger partial charge in [-0.3, -0.25) is 4.79 Å². The summed E-state index contributed by atoms with van der Waals surface area (Å²) >= 11 is 0. The lowest BCUT2D eigenvalue weighted by Crippen LogP contribution is -2.49. The average Bonchev–Trinajstić information content (AvgIpc) is 2.11. The second-order valence-electron chi connectivity index (χ2n) is 3.97. The lowest BCUT2D eigenvalue weighted by Gasteiger charge is -2.37. The number of carbonyl (C=O) groups excluding carboxylic acids is 1. The van der Waals surface area contributed by atoms with Crippen molar-refractivity contribution in [1.29, 1.82) is 0 Å². The van der Waals surface area contributed by atoms with Gasteiger partial charge in [0.1, 0.15) is 13.2 Å². The Hall–Kier alpha value is -1.14. The molecule has 0 unspecified atom stereocenters. The molecule has 1 rings (SSSR count). The molecule has 2 N–H and O–H groups in total. The second-order valence-corrected chi connectivity index (χ2v) is 3.97. The summed E-state index contributed by atoms with van der Waals surface area (Å²) in [6.45, 7) is 3.15. The molecule has 0 aliphatic carbocycles. The molecule has 1 aliphatic heterocycles. The number of rotatable bonds is 6. The third-order valence-electron chi connectivity index (χ3n) is 2.07. The summed E-state index contributed by atoms with van der Waals surface area (Å²) in [5.74, 6) is -1.38. The first-order chi connectivity index (χ1) is 7.02. The Kier molecular flexibility index (Phi) is 4.05. The second kappa shape index (κ2) is 5.09. The molecule has 0 aromatic carbocycles. The van der Waals surface area contributed by atoms with Crippen LogP contribution >= 0.6 is 0 Å². The van der Waals surface area contributed by atoms with Gasteiger partial charge in [0.2, 0.25) is 5.91 Å². The highest BCUT2D eigenvalue weighted by molar-refractivity contribution is 5.77. The van der Waals surface area contributed by atoms with Crippen molar-refractivity contribution in [3.8, 4) is 0 Å². The van der Waals surface area contributed by atoms with Gasteiger partial charge in [-0.1, -0.05) is 6.92 Å². The van der Waals surface area contributed by atoms with E-state index in [0.29, 0.717) is 19.8 Å². The van der Waals surface area contributed by atoms with Crippen LogP contribution in [0.1, 0.15) is 6.92 Å². The molecule has 1 fully saturated rings. The molecular weight excluding hydrogens is 202 g/mol. The Bertz CT molecular complexity index is 249. The van der Waals surface area contributed by atoms with E-state index < -0.39 is 12.6 Å². The van der Waals surface area contributed by atoms with Crippen LogP contribution in [0.15, 0.2) is 0 Å². The predicted molar refractivity (Wildman–Crippen MR) is 50.4 cm³/mol. The van der Waals surface area contributed by atoms with Crippen LogP contribution in [0.3, 0.4) is 0 Å². The van der Waals surface area contributed by atoms with Crippen LogP contribution in [0.5, 0.6) is 0 Å². The number of carboxylic acid groups (broad SMARTS) is 1. The lowest BCUT2D eigenvalue weighted by atomic mass is 9.89. The predicted octanol–water partition coefficient (Wildman–Crippen LogP) is -0.760. The molecule has 1 heterocycles. The maximum absolute atomic E-state index is 11.1. The molecule has 0 aromatic rings. The minimum Gasteiger partial charge on any atom is -0.480 e. The zero-order valence-corrected chi connectivity index (χ0v) is 8.62. The van der Waals surface area contributed by atoms with Crippen molar-refractivity contribution in [3.63, 3.8) is 0 Å². The Morgan fingerprint density at radius 3 is 2.60 bits per heavy atom. The zero-order valence-electron chi connectivity index (χ0n) is 8.62. The lowest BCUT2D eigenvalue weighted by molar-refractivity contribution is -0.144. The van der Waals surface area contributed by atoms with Gasteiger partial charge in [0, 0.05) is 12.0 Å². The molecule has 0 aromatic heterocycles. The van der Waals surface area contributed by atoms with Crippen LogP contribution in [0, 0.1) is 5.41 Å². The summed E-state index contributed by atoms with van der Waals surface area (Å²) in [6, 6.07) is 0. The van der Waals surface area contributed by atoms with Gasteiger partial charge in [0.25, 0.3) is 0 Å². The van der Waals surface area contributed by atoms with Gasteiger partial charge in [-0.2, -0.15) is 0 Å². The quantitative estimate of drug-likeness (QED) is 0.611. The van der Waals surface area contributed by atoms with Crippen LogP contribution in [0.2, 0.25) is 0 Å². The molecular formula is C9H15NO5. The summed E-state index contributed by atoms with van der Waals surface area (Å²) in [6.07, 6.45) is 0. The summed E-state index contributed by atoms with van der Waals surface area (Å²) in [7, 11) is 0. The van der Waals surface area contributed by atoms with Gasteiger partial charge >= 0.3 is 5.97 Å². The van der Waals surface area contributed by atoms with E-state index in [9.17, 15) is 9.59 Å². The monoisotopic (exact) mass is 217 g/mol. The van der Waals surface area contributed by atoms with E-state index in [1.807, 2.05) is 6.92 Å². The Morgan fingerprint density at radius 1 is 1.47 bits per heavy atom. The van der Waals surface area contributed by atoms with Crippen molar-refractivity contribution in [2.45, 2.75) is 6.92 Å². The van der Waals surface area contributed by atoms with E-state index in [-0.39, 0.29) is 17.9 Å². The average molecular weight is 217 g/mol. The highest BCUT2D eigenvalue weighted by Gasteiger charge is 2.33. The van der Waals surface area contributed by atoms with Gasteiger partial charge in [-0.05, 0) is 0 Å². The molecule has 0 atom stereocenters. The van der Waals surface area contributed by atoms with Gasteiger partial charge in [0.05, 0.1) is 13.2 Å². The van der Waals surface area contributed by atoms with E-state index in [0.717, 1.165) is 0 Å². The minimum atomic E-state index is -1.08. The molecule has 0 bridgehead atoms. The molecule has 1 saturated heterocycles. The third kappa shape index (κ3) is 4.26. The van der Waals surface area contributed by atoms with Gasteiger partial charge in [-0.15, -0.1) is 0 Å². The summed E-state index contributed by atoms with van der Waals surface area (Å²) in [5, 5.41) is 10.9. The van der Waals surface area contributed by atoms with Gasteiger partial charge in [0.15, 0.2) is 0 Å².